The Kier molecular flexibility index (Phi) is 6.20. The summed E-state index contributed by atoms with van der Waals surface area (Å²) < 4.78 is 10.9. The zero-order chi connectivity index (χ0) is 22.7. The maximum atomic E-state index is 10.3. The summed E-state index contributed by atoms with van der Waals surface area (Å²) in [6, 6.07) is 17.2. The fraction of sp³-hybridized carbons (Fsp3) is 0.269. The van der Waals surface area contributed by atoms with Gasteiger partial charge in [-0.2, -0.15) is 5.26 Å². The summed E-state index contributed by atoms with van der Waals surface area (Å²) in [4.78, 5) is 9.65. The van der Waals surface area contributed by atoms with Crippen LogP contribution >= 0.6 is 0 Å². The molecule has 3 aromatic rings. The molecular formula is C26H25N3O3. The highest BCUT2D eigenvalue weighted by Gasteiger charge is 2.21. The van der Waals surface area contributed by atoms with Gasteiger partial charge in [0.1, 0.15) is 0 Å². The fourth-order valence-electron chi connectivity index (χ4n) is 4.01. The molecule has 32 heavy (non-hydrogen) atoms. The third-order valence-electron chi connectivity index (χ3n) is 5.75. The molecule has 6 nitrogen and oxygen atoms in total. The van der Waals surface area contributed by atoms with Gasteiger partial charge in [0.25, 0.3) is 0 Å². The molecule has 6 heteroatoms. The fourth-order valence-corrected chi connectivity index (χ4v) is 4.01. The molecule has 0 fully saturated rings. The summed E-state index contributed by atoms with van der Waals surface area (Å²) in [7, 11) is 3.24. The number of aryl methyl sites for hydroxylation is 1. The van der Waals surface area contributed by atoms with Gasteiger partial charge in [0.15, 0.2) is 11.5 Å². The van der Waals surface area contributed by atoms with Crippen molar-refractivity contribution in [3.05, 3.63) is 70.9 Å². The molecule has 2 atom stereocenters. The van der Waals surface area contributed by atoms with Crippen molar-refractivity contribution >= 4 is 11.9 Å². The summed E-state index contributed by atoms with van der Waals surface area (Å²) in [6.07, 6.45) is 2.91. The minimum atomic E-state index is -0.677. The second kappa shape index (κ2) is 9.21. The quantitative estimate of drug-likeness (QED) is 0.610. The van der Waals surface area contributed by atoms with Gasteiger partial charge < -0.3 is 14.6 Å². The van der Waals surface area contributed by atoms with E-state index in [2.05, 4.69) is 6.07 Å². The third-order valence-corrected chi connectivity index (χ3v) is 5.75. The van der Waals surface area contributed by atoms with Crippen molar-refractivity contribution in [2.45, 2.75) is 31.8 Å². The number of aliphatic imine (C=N–C) groups is 1. The van der Waals surface area contributed by atoms with Crippen molar-refractivity contribution < 1.29 is 14.6 Å². The first-order valence-electron chi connectivity index (χ1n) is 10.5. The van der Waals surface area contributed by atoms with E-state index in [0.29, 0.717) is 22.8 Å². The van der Waals surface area contributed by atoms with E-state index in [9.17, 15) is 10.4 Å². The number of ether oxygens (including phenoxy) is 2. The van der Waals surface area contributed by atoms with Crippen LogP contribution in [0.2, 0.25) is 0 Å². The van der Waals surface area contributed by atoms with Crippen LogP contribution in [0, 0.1) is 11.3 Å². The number of methoxy groups -OCH3 is 2. The predicted octanol–water partition coefficient (Wildman–Crippen LogP) is 5.12. The summed E-state index contributed by atoms with van der Waals surface area (Å²) in [5.41, 5.74) is 5.63. The van der Waals surface area contributed by atoms with Gasteiger partial charge in [0.2, 0.25) is 0 Å². The van der Waals surface area contributed by atoms with E-state index in [0.717, 1.165) is 40.9 Å². The second-order valence-corrected chi connectivity index (χ2v) is 7.80. The van der Waals surface area contributed by atoms with Gasteiger partial charge in [-0.15, -0.1) is 0 Å². The number of hydrogen-bond acceptors (Lipinski definition) is 6. The van der Waals surface area contributed by atoms with E-state index in [4.69, 9.17) is 19.5 Å². The number of fused-ring (bicyclic) bond motifs is 1. The lowest BCUT2D eigenvalue weighted by Crippen LogP contribution is -2.07. The molecule has 0 saturated heterocycles. The number of pyridine rings is 1. The molecule has 0 radical (unpaired) electrons. The van der Waals surface area contributed by atoms with Crippen LogP contribution in [0.3, 0.4) is 0 Å². The summed E-state index contributed by atoms with van der Waals surface area (Å²) in [5, 5.41) is 19.6. The molecule has 1 N–H and O–H groups in total. The van der Waals surface area contributed by atoms with Gasteiger partial charge in [0, 0.05) is 35.0 Å². The van der Waals surface area contributed by atoms with E-state index in [1.54, 1.807) is 33.3 Å². The lowest BCUT2D eigenvalue weighted by molar-refractivity contribution is 0.199. The number of aromatic nitrogens is 1. The molecule has 162 valence electrons. The van der Waals surface area contributed by atoms with Crippen molar-refractivity contribution in [3.8, 4) is 28.8 Å². The highest BCUT2D eigenvalue weighted by atomic mass is 16.5. The van der Waals surface area contributed by atoms with Crippen LogP contribution in [0.5, 0.6) is 11.5 Å². The van der Waals surface area contributed by atoms with Gasteiger partial charge in [-0.05, 0) is 49.6 Å². The van der Waals surface area contributed by atoms with Gasteiger partial charge in [-0.1, -0.05) is 18.2 Å². The van der Waals surface area contributed by atoms with Crippen LogP contribution in [0.1, 0.15) is 47.8 Å². The smallest absolute Gasteiger partial charge is 0.162 e. The molecule has 2 heterocycles. The van der Waals surface area contributed by atoms with Crippen LogP contribution in [0.15, 0.2) is 53.5 Å². The molecule has 1 aromatic heterocycles. The van der Waals surface area contributed by atoms with Crippen LogP contribution < -0.4 is 9.47 Å². The molecular weight excluding hydrogens is 402 g/mol. The van der Waals surface area contributed by atoms with Crippen molar-refractivity contribution in [3.63, 3.8) is 0 Å². The van der Waals surface area contributed by atoms with Crippen molar-refractivity contribution in [2.75, 3.05) is 14.2 Å². The summed E-state index contributed by atoms with van der Waals surface area (Å²) >= 11 is 0. The van der Waals surface area contributed by atoms with E-state index >= 15 is 0 Å². The number of benzene rings is 2. The molecule has 0 bridgehead atoms. The van der Waals surface area contributed by atoms with E-state index < -0.39 is 6.10 Å². The molecule has 4 rings (SSSR count). The molecule has 0 spiro atoms. The SMILES string of the molecule is COc1cc2c(cc1OC)N=CC(c1ccc([C@H](C)O)c(-c3cccc(C#N)c3)n1)CC2. The predicted molar refractivity (Wildman–Crippen MR) is 124 cm³/mol. The summed E-state index contributed by atoms with van der Waals surface area (Å²) in [5.74, 6) is 1.36. The molecule has 1 unspecified atom stereocenters. The van der Waals surface area contributed by atoms with Gasteiger partial charge in [-0.25, -0.2) is 0 Å². The Balaban J connectivity index is 1.72. The van der Waals surface area contributed by atoms with E-state index in [-0.39, 0.29) is 5.92 Å². The highest BCUT2D eigenvalue weighted by Crippen LogP contribution is 2.38. The number of hydrogen-bond donors (Lipinski definition) is 1. The molecule has 0 amide bonds. The Bertz CT molecular complexity index is 1210. The molecule has 0 saturated carbocycles. The zero-order valence-corrected chi connectivity index (χ0v) is 18.4. The number of nitriles is 1. The molecule has 0 aliphatic carbocycles. The van der Waals surface area contributed by atoms with Crippen LogP contribution in [-0.4, -0.2) is 30.5 Å². The zero-order valence-electron chi connectivity index (χ0n) is 18.4. The van der Waals surface area contributed by atoms with Crippen LogP contribution in [-0.2, 0) is 6.42 Å². The van der Waals surface area contributed by atoms with Crippen molar-refractivity contribution in [1.82, 2.24) is 4.98 Å². The summed E-state index contributed by atoms with van der Waals surface area (Å²) in [6.45, 7) is 1.72. The average Bonchev–Trinajstić information content (AvgIpc) is 3.04. The minimum absolute atomic E-state index is 0.0142. The first-order chi connectivity index (χ1) is 15.5. The first kappa shape index (κ1) is 21.5. The molecule has 2 aromatic carbocycles. The van der Waals surface area contributed by atoms with Gasteiger partial charge in [-0.3, -0.25) is 9.98 Å². The van der Waals surface area contributed by atoms with Crippen LogP contribution in [0.4, 0.5) is 5.69 Å². The normalized spacial score (nSPS) is 15.9. The van der Waals surface area contributed by atoms with E-state index in [1.165, 1.54) is 0 Å². The van der Waals surface area contributed by atoms with Gasteiger partial charge in [0.05, 0.1) is 43.3 Å². The lowest BCUT2D eigenvalue weighted by Gasteiger charge is -2.16. The molecule has 1 aliphatic rings. The second-order valence-electron chi connectivity index (χ2n) is 7.80. The standard InChI is InChI=1S/C26H25N3O3/c1-16(30)21-9-10-22(29-26(21)19-6-4-5-17(11-19)14-27)20-8-7-18-12-24(31-2)25(32-3)13-23(18)28-15-20/h4-6,9-13,15-16,20,30H,7-8H2,1-3H3/t16-,20?/m0/s1. The van der Waals surface area contributed by atoms with E-state index in [1.807, 2.05) is 42.6 Å². The first-order valence-corrected chi connectivity index (χ1v) is 10.5. The average molecular weight is 428 g/mol. The Hall–Kier alpha value is -3.69. The number of rotatable bonds is 5. The number of aliphatic hydroxyl groups excluding tert-OH is 1. The van der Waals surface area contributed by atoms with Crippen LogP contribution in [0.25, 0.3) is 11.3 Å². The largest absolute Gasteiger partial charge is 0.493 e. The lowest BCUT2D eigenvalue weighted by atomic mass is 9.94. The maximum absolute atomic E-state index is 10.3. The Labute approximate surface area is 187 Å². The minimum Gasteiger partial charge on any atom is -0.493 e. The third kappa shape index (κ3) is 4.20. The monoisotopic (exact) mass is 427 g/mol. The number of aliphatic hydroxyl groups is 1. The number of nitrogens with zero attached hydrogens (tertiary/aromatic N) is 3. The maximum Gasteiger partial charge on any atom is 0.162 e. The Morgan fingerprint density at radius 2 is 1.88 bits per heavy atom. The van der Waals surface area contributed by atoms with Gasteiger partial charge >= 0.3 is 0 Å². The van der Waals surface area contributed by atoms with Crippen molar-refractivity contribution in [2.24, 2.45) is 4.99 Å². The molecule has 1 aliphatic heterocycles. The van der Waals surface area contributed by atoms with Crippen molar-refractivity contribution in [1.29, 1.82) is 5.26 Å². The Morgan fingerprint density at radius 3 is 2.59 bits per heavy atom. The Morgan fingerprint density at radius 1 is 1.09 bits per heavy atom. The topological polar surface area (TPSA) is 87.7 Å². The highest BCUT2D eigenvalue weighted by molar-refractivity contribution is 5.75.